The van der Waals surface area contributed by atoms with Crippen LogP contribution in [-0.4, -0.2) is 40.4 Å². The first kappa shape index (κ1) is 31.5. The fourth-order valence-corrected chi connectivity index (χ4v) is 4.31. The molecular formula is C35H44N2O4. The van der Waals surface area contributed by atoms with Gasteiger partial charge in [-0.15, -0.1) is 0 Å². The summed E-state index contributed by atoms with van der Waals surface area (Å²) in [6, 6.07) is 29.2. The quantitative estimate of drug-likeness (QED) is 0.260. The van der Waals surface area contributed by atoms with E-state index in [1.165, 1.54) is 0 Å². The predicted molar refractivity (Wildman–Crippen MR) is 165 cm³/mol. The Morgan fingerprint density at radius 3 is 1.63 bits per heavy atom. The van der Waals surface area contributed by atoms with E-state index in [0.29, 0.717) is 19.4 Å². The van der Waals surface area contributed by atoms with Crippen LogP contribution in [0.5, 0.6) is 0 Å². The van der Waals surface area contributed by atoms with Gasteiger partial charge in [0.25, 0.3) is 0 Å². The van der Waals surface area contributed by atoms with Crippen LogP contribution in [0.1, 0.15) is 58.2 Å². The van der Waals surface area contributed by atoms with Crippen LogP contribution in [0.4, 0.5) is 9.59 Å². The summed E-state index contributed by atoms with van der Waals surface area (Å²) in [6.07, 6.45) is 4.23. The minimum atomic E-state index is -0.652. The maximum Gasteiger partial charge on any atom is 0.411 e. The van der Waals surface area contributed by atoms with Gasteiger partial charge < -0.3 is 14.8 Å². The number of hydrogen-bond donors (Lipinski definition) is 1. The summed E-state index contributed by atoms with van der Waals surface area (Å²) in [7, 11) is 0. The van der Waals surface area contributed by atoms with Gasteiger partial charge >= 0.3 is 12.2 Å². The topological polar surface area (TPSA) is 67.9 Å². The summed E-state index contributed by atoms with van der Waals surface area (Å²) in [5.74, 6) is 0. The van der Waals surface area contributed by atoms with Crippen molar-refractivity contribution in [3.63, 3.8) is 0 Å². The van der Waals surface area contributed by atoms with E-state index in [0.717, 1.165) is 16.7 Å². The summed E-state index contributed by atoms with van der Waals surface area (Å²) in [6.45, 7) is 11.5. The molecule has 3 aromatic carbocycles. The molecule has 0 fully saturated rings. The molecule has 2 atom stereocenters. The Morgan fingerprint density at radius 2 is 1.15 bits per heavy atom. The molecule has 0 spiro atoms. The standard InChI is InChI=1S/C35H44N2O4/c1-34(2,3)40-32(38)36-30(24-27-16-10-7-11-17-27)22-23-31(25-28-18-12-8-13-19-28)37(33(39)41-35(4,5)6)26-29-20-14-9-15-21-29/h7-23,30-31H,24-26H2,1-6H3,(H,36,38)/t30-,31+/m0/s1. The summed E-state index contributed by atoms with van der Waals surface area (Å²) < 4.78 is 11.4. The zero-order valence-electron chi connectivity index (χ0n) is 25.2. The molecule has 6 nitrogen and oxygen atoms in total. The number of nitrogens with zero attached hydrogens (tertiary/aromatic N) is 1. The number of alkyl carbamates (subject to hydrolysis) is 1. The van der Waals surface area contributed by atoms with Gasteiger partial charge in [0, 0.05) is 6.54 Å². The zero-order chi connectivity index (χ0) is 29.9. The largest absolute Gasteiger partial charge is 0.444 e. The van der Waals surface area contributed by atoms with Crippen molar-refractivity contribution in [3.8, 4) is 0 Å². The number of amides is 2. The average Bonchev–Trinajstić information content (AvgIpc) is 2.89. The lowest BCUT2D eigenvalue weighted by Gasteiger charge is -2.33. The van der Waals surface area contributed by atoms with E-state index in [1.54, 1.807) is 4.90 Å². The number of benzene rings is 3. The molecule has 0 heterocycles. The van der Waals surface area contributed by atoms with Crippen LogP contribution in [0.15, 0.2) is 103 Å². The SMILES string of the molecule is CC(C)(C)OC(=O)N[C@@H](C=C[C@H](Cc1ccccc1)N(Cc1ccccc1)C(=O)OC(C)(C)C)Cc1ccccc1. The van der Waals surface area contributed by atoms with Crippen LogP contribution in [-0.2, 0) is 28.9 Å². The normalized spacial score (nSPS) is 13.3. The number of nitrogens with one attached hydrogen (secondary N) is 1. The van der Waals surface area contributed by atoms with Crippen LogP contribution >= 0.6 is 0 Å². The lowest BCUT2D eigenvalue weighted by atomic mass is 10.0. The van der Waals surface area contributed by atoms with Crippen molar-refractivity contribution in [1.29, 1.82) is 0 Å². The van der Waals surface area contributed by atoms with Gasteiger partial charge in [-0.2, -0.15) is 0 Å². The van der Waals surface area contributed by atoms with Gasteiger partial charge in [-0.25, -0.2) is 9.59 Å². The molecule has 3 rings (SSSR count). The lowest BCUT2D eigenvalue weighted by molar-refractivity contribution is 0.0179. The predicted octanol–water partition coefficient (Wildman–Crippen LogP) is 7.73. The first-order valence-electron chi connectivity index (χ1n) is 14.2. The molecule has 218 valence electrons. The van der Waals surface area contributed by atoms with Crippen LogP contribution < -0.4 is 5.32 Å². The smallest absolute Gasteiger partial charge is 0.411 e. The van der Waals surface area contributed by atoms with E-state index in [9.17, 15) is 9.59 Å². The van der Waals surface area contributed by atoms with E-state index in [4.69, 9.17) is 9.47 Å². The Labute approximate surface area is 245 Å². The molecular weight excluding hydrogens is 512 g/mol. The third-order valence-corrected chi connectivity index (χ3v) is 6.08. The van der Waals surface area contributed by atoms with Crippen molar-refractivity contribution in [2.75, 3.05) is 0 Å². The molecule has 0 aromatic heterocycles. The Morgan fingerprint density at radius 1 is 0.683 bits per heavy atom. The van der Waals surface area contributed by atoms with E-state index >= 15 is 0 Å². The Bertz CT molecular complexity index is 1250. The zero-order valence-corrected chi connectivity index (χ0v) is 25.2. The van der Waals surface area contributed by atoms with Crippen molar-refractivity contribution in [3.05, 3.63) is 120 Å². The van der Waals surface area contributed by atoms with Crippen molar-refractivity contribution in [2.24, 2.45) is 0 Å². The van der Waals surface area contributed by atoms with Crippen molar-refractivity contribution in [2.45, 2.75) is 84.2 Å². The molecule has 0 unspecified atom stereocenters. The fraction of sp³-hybridized carbons (Fsp3) is 0.371. The Kier molecular flexibility index (Phi) is 11.2. The fourth-order valence-electron chi connectivity index (χ4n) is 4.31. The summed E-state index contributed by atoms with van der Waals surface area (Å²) >= 11 is 0. The Balaban J connectivity index is 1.98. The second-order valence-electron chi connectivity index (χ2n) is 12.2. The van der Waals surface area contributed by atoms with Gasteiger partial charge in [-0.1, -0.05) is 103 Å². The third-order valence-electron chi connectivity index (χ3n) is 6.08. The molecule has 3 aromatic rings. The van der Waals surface area contributed by atoms with E-state index < -0.39 is 23.4 Å². The monoisotopic (exact) mass is 556 g/mol. The average molecular weight is 557 g/mol. The first-order chi connectivity index (χ1) is 19.4. The molecule has 41 heavy (non-hydrogen) atoms. The van der Waals surface area contributed by atoms with E-state index in [-0.39, 0.29) is 12.1 Å². The number of carbonyl (C=O) groups is 2. The number of hydrogen-bond acceptors (Lipinski definition) is 4. The van der Waals surface area contributed by atoms with Crippen LogP contribution in [0.3, 0.4) is 0 Å². The van der Waals surface area contributed by atoms with Gasteiger partial charge in [0.05, 0.1) is 12.1 Å². The van der Waals surface area contributed by atoms with Crippen LogP contribution in [0.25, 0.3) is 0 Å². The first-order valence-corrected chi connectivity index (χ1v) is 14.2. The van der Waals surface area contributed by atoms with Crippen molar-refractivity contribution < 1.29 is 19.1 Å². The highest BCUT2D eigenvalue weighted by atomic mass is 16.6. The van der Waals surface area contributed by atoms with Gasteiger partial charge in [0.1, 0.15) is 11.2 Å². The lowest BCUT2D eigenvalue weighted by Crippen LogP contribution is -2.44. The highest BCUT2D eigenvalue weighted by Crippen LogP contribution is 2.20. The number of carbonyl (C=O) groups excluding carboxylic acids is 2. The highest BCUT2D eigenvalue weighted by molar-refractivity contribution is 5.69. The van der Waals surface area contributed by atoms with Gasteiger partial charge in [-0.05, 0) is 71.1 Å². The van der Waals surface area contributed by atoms with Gasteiger partial charge in [0.15, 0.2) is 0 Å². The highest BCUT2D eigenvalue weighted by Gasteiger charge is 2.28. The number of ether oxygens (including phenoxy) is 2. The molecule has 0 bridgehead atoms. The molecule has 1 N–H and O–H groups in total. The molecule has 0 saturated carbocycles. The maximum atomic E-state index is 13.6. The van der Waals surface area contributed by atoms with E-state index in [1.807, 2.05) is 133 Å². The van der Waals surface area contributed by atoms with Crippen LogP contribution in [0, 0.1) is 0 Å². The molecule has 0 saturated heterocycles. The minimum Gasteiger partial charge on any atom is -0.444 e. The molecule has 0 aliphatic rings. The molecule has 0 aliphatic carbocycles. The second-order valence-corrected chi connectivity index (χ2v) is 12.2. The molecule has 6 heteroatoms. The summed E-state index contributed by atoms with van der Waals surface area (Å²) in [5.41, 5.74) is 1.89. The molecule has 2 amide bonds. The Hall–Kier alpha value is -4.06. The van der Waals surface area contributed by atoms with E-state index in [2.05, 4.69) is 17.4 Å². The number of rotatable bonds is 10. The van der Waals surface area contributed by atoms with Crippen molar-refractivity contribution >= 4 is 12.2 Å². The van der Waals surface area contributed by atoms with Gasteiger partial charge in [-0.3, -0.25) is 4.90 Å². The third kappa shape index (κ3) is 11.9. The molecule has 0 radical (unpaired) electrons. The van der Waals surface area contributed by atoms with Crippen LogP contribution in [0.2, 0.25) is 0 Å². The van der Waals surface area contributed by atoms with Gasteiger partial charge in [0.2, 0.25) is 0 Å². The molecule has 0 aliphatic heterocycles. The minimum absolute atomic E-state index is 0.342. The maximum absolute atomic E-state index is 13.6. The van der Waals surface area contributed by atoms with Crippen molar-refractivity contribution in [1.82, 2.24) is 10.2 Å². The summed E-state index contributed by atoms with van der Waals surface area (Å²) in [5, 5.41) is 3.01. The summed E-state index contributed by atoms with van der Waals surface area (Å²) in [4.78, 5) is 28.2. The second kappa shape index (κ2) is 14.5.